The minimum Gasteiger partial charge on any atom is -0.494 e. The number of hydrogen-bond acceptors (Lipinski definition) is 2. The van der Waals surface area contributed by atoms with Crippen molar-refractivity contribution < 1.29 is 9.47 Å². The first-order valence-corrected chi connectivity index (χ1v) is 11.4. The van der Waals surface area contributed by atoms with Crippen LogP contribution in [0.5, 0.6) is 11.5 Å². The van der Waals surface area contributed by atoms with Gasteiger partial charge >= 0.3 is 0 Å². The van der Waals surface area contributed by atoms with Gasteiger partial charge in [0.25, 0.3) is 0 Å². The third-order valence-corrected chi connectivity index (χ3v) is 6.82. The maximum absolute atomic E-state index is 6.15. The van der Waals surface area contributed by atoms with E-state index < -0.39 is 0 Å². The van der Waals surface area contributed by atoms with Gasteiger partial charge in [-0.05, 0) is 92.8 Å². The maximum Gasteiger partial charge on any atom is 0.119 e. The van der Waals surface area contributed by atoms with Crippen LogP contribution in [-0.2, 0) is 0 Å². The molecule has 2 aliphatic carbocycles. The normalized spacial score (nSPS) is 17.6. The summed E-state index contributed by atoms with van der Waals surface area (Å²) in [5.41, 5.74) is 12.8. The van der Waals surface area contributed by atoms with Crippen LogP contribution >= 0.6 is 0 Å². The number of fused-ring (bicyclic) bond motifs is 8. The lowest BCUT2D eigenvalue weighted by Crippen LogP contribution is -2.03. The standard InChI is InChI=1S/C30H22O2/c1-3-9-25-21(7-1)23-13-11-19-17-27(23)29(25)30-26-10-4-2-8-22(26)24-14-12-20(18-28(24)30)32-16-6-5-15-31-19/h1-4,7-14,17-18H,5-6,15-16H2/b30-29-. The first kappa shape index (κ1) is 17.9. The van der Waals surface area contributed by atoms with Crippen LogP contribution in [0.1, 0.15) is 35.1 Å². The van der Waals surface area contributed by atoms with Crippen molar-refractivity contribution in [3.63, 3.8) is 0 Å². The van der Waals surface area contributed by atoms with Gasteiger partial charge in [-0.25, -0.2) is 0 Å². The molecule has 1 aliphatic heterocycles. The molecule has 0 aromatic heterocycles. The van der Waals surface area contributed by atoms with Gasteiger partial charge in [0.05, 0.1) is 13.2 Å². The van der Waals surface area contributed by atoms with Gasteiger partial charge in [0, 0.05) is 0 Å². The fourth-order valence-corrected chi connectivity index (χ4v) is 5.39. The van der Waals surface area contributed by atoms with Gasteiger partial charge in [0.15, 0.2) is 0 Å². The summed E-state index contributed by atoms with van der Waals surface area (Å²) in [5, 5.41) is 0. The van der Waals surface area contributed by atoms with Crippen molar-refractivity contribution in [2.45, 2.75) is 12.8 Å². The Balaban J connectivity index is 1.62. The fourth-order valence-electron chi connectivity index (χ4n) is 5.39. The van der Waals surface area contributed by atoms with Crippen LogP contribution in [0.4, 0.5) is 0 Å². The molecular formula is C30H22O2. The Morgan fingerprint density at radius 2 is 0.812 bits per heavy atom. The molecule has 0 N–H and O–H groups in total. The van der Waals surface area contributed by atoms with Crippen LogP contribution in [0, 0.1) is 0 Å². The highest BCUT2D eigenvalue weighted by Gasteiger charge is 2.32. The van der Waals surface area contributed by atoms with Crippen LogP contribution < -0.4 is 9.47 Å². The van der Waals surface area contributed by atoms with E-state index >= 15 is 0 Å². The highest BCUT2D eigenvalue weighted by atomic mass is 16.5. The molecule has 1 heterocycles. The lowest BCUT2D eigenvalue weighted by Gasteiger charge is -2.15. The Morgan fingerprint density at radius 3 is 1.28 bits per heavy atom. The molecule has 7 rings (SSSR count). The average molecular weight is 415 g/mol. The van der Waals surface area contributed by atoms with E-state index in [1.807, 2.05) is 0 Å². The Kier molecular flexibility index (Phi) is 3.83. The quantitative estimate of drug-likeness (QED) is 0.261. The molecule has 4 aromatic carbocycles. The number of ether oxygens (including phenoxy) is 2. The lowest BCUT2D eigenvalue weighted by atomic mass is 9.91. The average Bonchev–Trinajstić information content (AvgIpc) is 3.32. The molecule has 32 heavy (non-hydrogen) atoms. The number of hydrogen-bond donors (Lipinski definition) is 0. The summed E-state index contributed by atoms with van der Waals surface area (Å²) in [6.07, 6.45) is 1.95. The molecule has 0 unspecified atom stereocenters. The number of benzene rings is 4. The van der Waals surface area contributed by atoms with E-state index in [1.165, 1.54) is 55.7 Å². The molecular weight excluding hydrogens is 392 g/mol. The van der Waals surface area contributed by atoms with Crippen LogP contribution in [0.15, 0.2) is 84.9 Å². The molecule has 4 aromatic rings. The van der Waals surface area contributed by atoms with Crippen LogP contribution in [0.2, 0.25) is 0 Å². The lowest BCUT2D eigenvalue weighted by molar-refractivity contribution is 0.266. The summed E-state index contributed by atoms with van der Waals surface area (Å²) in [6, 6.07) is 30.7. The summed E-state index contributed by atoms with van der Waals surface area (Å²) >= 11 is 0. The highest BCUT2D eigenvalue weighted by Crippen LogP contribution is 2.55. The van der Waals surface area contributed by atoms with Crippen LogP contribution in [0.3, 0.4) is 0 Å². The Hall–Kier alpha value is -3.78. The predicted octanol–water partition coefficient (Wildman–Crippen LogP) is 7.21. The Labute approximate surface area is 187 Å². The molecule has 154 valence electrons. The second-order valence-electron chi connectivity index (χ2n) is 8.66. The van der Waals surface area contributed by atoms with Crippen molar-refractivity contribution in [2.24, 2.45) is 0 Å². The largest absolute Gasteiger partial charge is 0.494 e. The van der Waals surface area contributed by atoms with E-state index in [0.29, 0.717) is 13.2 Å². The van der Waals surface area contributed by atoms with Crippen LogP contribution in [0.25, 0.3) is 33.4 Å². The smallest absolute Gasteiger partial charge is 0.119 e. The van der Waals surface area contributed by atoms with Crippen LogP contribution in [-0.4, -0.2) is 13.2 Å². The summed E-state index contributed by atoms with van der Waals surface area (Å²) < 4.78 is 12.3. The van der Waals surface area contributed by atoms with E-state index in [9.17, 15) is 0 Å². The predicted molar refractivity (Wildman–Crippen MR) is 129 cm³/mol. The van der Waals surface area contributed by atoms with Gasteiger partial charge in [0.1, 0.15) is 11.5 Å². The fraction of sp³-hybridized carbons (Fsp3) is 0.133. The van der Waals surface area contributed by atoms with E-state index in [-0.39, 0.29) is 0 Å². The Bertz CT molecular complexity index is 1320. The van der Waals surface area contributed by atoms with Gasteiger partial charge < -0.3 is 9.47 Å². The molecule has 0 radical (unpaired) electrons. The second kappa shape index (κ2) is 6.86. The molecule has 0 spiro atoms. The topological polar surface area (TPSA) is 18.5 Å². The van der Waals surface area contributed by atoms with Crippen molar-refractivity contribution in [3.05, 3.63) is 107 Å². The first-order chi connectivity index (χ1) is 15.9. The van der Waals surface area contributed by atoms with Gasteiger partial charge in [-0.2, -0.15) is 0 Å². The van der Waals surface area contributed by atoms with E-state index in [1.54, 1.807) is 0 Å². The van der Waals surface area contributed by atoms with Gasteiger partial charge in [-0.1, -0.05) is 60.7 Å². The summed E-state index contributed by atoms with van der Waals surface area (Å²) in [7, 11) is 0. The van der Waals surface area contributed by atoms with Gasteiger partial charge in [0.2, 0.25) is 0 Å². The van der Waals surface area contributed by atoms with Gasteiger partial charge in [-0.15, -0.1) is 0 Å². The van der Waals surface area contributed by atoms with Crippen molar-refractivity contribution in [1.29, 1.82) is 0 Å². The van der Waals surface area contributed by atoms with Gasteiger partial charge in [-0.3, -0.25) is 0 Å². The minimum atomic E-state index is 0.702. The first-order valence-electron chi connectivity index (χ1n) is 11.4. The van der Waals surface area contributed by atoms with Crippen molar-refractivity contribution >= 4 is 11.1 Å². The minimum absolute atomic E-state index is 0.702. The molecule has 0 saturated carbocycles. The Morgan fingerprint density at radius 1 is 0.406 bits per heavy atom. The summed E-state index contributed by atoms with van der Waals surface area (Å²) in [5.74, 6) is 1.88. The summed E-state index contributed by atoms with van der Waals surface area (Å²) in [6.45, 7) is 1.40. The highest BCUT2D eigenvalue weighted by molar-refractivity contribution is 6.19. The van der Waals surface area contributed by atoms with Crippen molar-refractivity contribution in [3.8, 4) is 33.8 Å². The van der Waals surface area contributed by atoms with E-state index in [0.717, 1.165) is 24.3 Å². The molecule has 0 saturated heterocycles. The third-order valence-electron chi connectivity index (χ3n) is 6.82. The molecule has 0 atom stereocenters. The SMILES string of the molecule is c1ccc2c(c1)/C1=C3\c4ccccc4-c4ccc(cc43)OCCCCOc3ccc-2c1c3. The zero-order valence-corrected chi connectivity index (χ0v) is 17.7. The zero-order chi connectivity index (χ0) is 21.1. The monoisotopic (exact) mass is 414 g/mol. The van der Waals surface area contributed by atoms with Crippen molar-refractivity contribution in [1.82, 2.24) is 0 Å². The second-order valence-corrected chi connectivity index (χ2v) is 8.66. The molecule has 3 aliphatic rings. The maximum atomic E-state index is 6.15. The molecule has 2 heteroatoms. The number of rotatable bonds is 0. The summed E-state index contributed by atoms with van der Waals surface area (Å²) in [4.78, 5) is 0. The third kappa shape index (κ3) is 2.53. The molecule has 0 fully saturated rings. The zero-order valence-electron chi connectivity index (χ0n) is 17.7. The van der Waals surface area contributed by atoms with E-state index in [4.69, 9.17) is 9.47 Å². The van der Waals surface area contributed by atoms with E-state index in [2.05, 4.69) is 84.9 Å². The molecule has 2 nitrogen and oxygen atoms in total. The van der Waals surface area contributed by atoms with Crippen molar-refractivity contribution in [2.75, 3.05) is 13.2 Å². The molecule has 4 bridgehead atoms. The molecule has 0 amide bonds.